The van der Waals surface area contributed by atoms with Gasteiger partial charge in [-0.3, -0.25) is 4.79 Å². The summed E-state index contributed by atoms with van der Waals surface area (Å²) in [6, 6.07) is 5.47. The monoisotopic (exact) mass is 278 g/mol. The van der Waals surface area contributed by atoms with Crippen LogP contribution in [-0.2, 0) is 4.79 Å². The Balaban J connectivity index is 2.36. The van der Waals surface area contributed by atoms with Crippen LogP contribution < -0.4 is 15.4 Å². The van der Waals surface area contributed by atoms with E-state index in [0.29, 0.717) is 31.7 Å². The van der Waals surface area contributed by atoms with E-state index in [4.69, 9.17) is 10.5 Å². The lowest BCUT2D eigenvalue weighted by atomic mass is 10.0. The standard InChI is InChI=1S/C15H22N2O3/c1-3-15(19)17-9-10(2)20-14-5-4-11(8-12(14)17)13(18)6-7-16/h4-5,8,10,13,18H,3,6-7,9,16H2,1-2H3. The maximum absolute atomic E-state index is 12.1. The van der Waals surface area contributed by atoms with E-state index in [0.717, 1.165) is 11.3 Å². The molecule has 0 fully saturated rings. The Morgan fingerprint density at radius 2 is 2.35 bits per heavy atom. The van der Waals surface area contributed by atoms with Gasteiger partial charge in [0, 0.05) is 6.42 Å². The predicted molar refractivity (Wildman–Crippen MR) is 77.8 cm³/mol. The van der Waals surface area contributed by atoms with Crippen molar-refractivity contribution >= 4 is 11.6 Å². The van der Waals surface area contributed by atoms with Crippen LogP contribution in [0.15, 0.2) is 18.2 Å². The Morgan fingerprint density at radius 1 is 1.60 bits per heavy atom. The molecule has 110 valence electrons. The molecular formula is C15H22N2O3. The number of aliphatic hydroxyl groups excluding tert-OH is 1. The van der Waals surface area contributed by atoms with E-state index in [-0.39, 0.29) is 12.0 Å². The van der Waals surface area contributed by atoms with Crippen molar-refractivity contribution in [3.8, 4) is 5.75 Å². The molecule has 0 saturated carbocycles. The number of hydrogen-bond donors (Lipinski definition) is 2. The highest BCUT2D eigenvalue weighted by Crippen LogP contribution is 2.36. The largest absolute Gasteiger partial charge is 0.487 e. The molecule has 1 heterocycles. The molecule has 0 bridgehead atoms. The van der Waals surface area contributed by atoms with Crippen LogP contribution in [-0.4, -0.2) is 30.2 Å². The van der Waals surface area contributed by atoms with E-state index < -0.39 is 6.10 Å². The van der Waals surface area contributed by atoms with Gasteiger partial charge in [-0.15, -0.1) is 0 Å². The second-order valence-electron chi connectivity index (χ2n) is 5.11. The highest BCUT2D eigenvalue weighted by atomic mass is 16.5. The first-order valence-corrected chi connectivity index (χ1v) is 7.06. The number of ether oxygens (including phenoxy) is 1. The molecule has 2 unspecified atom stereocenters. The van der Waals surface area contributed by atoms with Gasteiger partial charge in [0.1, 0.15) is 11.9 Å². The highest BCUT2D eigenvalue weighted by molar-refractivity contribution is 5.95. The quantitative estimate of drug-likeness (QED) is 0.877. The second kappa shape index (κ2) is 6.24. The molecule has 3 N–H and O–H groups in total. The fraction of sp³-hybridized carbons (Fsp3) is 0.533. The zero-order valence-electron chi connectivity index (χ0n) is 12.0. The minimum Gasteiger partial charge on any atom is -0.487 e. The van der Waals surface area contributed by atoms with Crippen LogP contribution in [0.5, 0.6) is 5.75 Å². The van der Waals surface area contributed by atoms with Gasteiger partial charge in [0.05, 0.1) is 18.3 Å². The Kier molecular flexibility index (Phi) is 4.62. The number of benzene rings is 1. The third-order valence-corrected chi connectivity index (χ3v) is 3.47. The first-order valence-electron chi connectivity index (χ1n) is 7.06. The smallest absolute Gasteiger partial charge is 0.226 e. The zero-order valence-corrected chi connectivity index (χ0v) is 12.0. The molecule has 5 heteroatoms. The van der Waals surface area contributed by atoms with Gasteiger partial charge in [0.25, 0.3) is 0 Å². The Labute approximate surface area is 119 Å². The number of fused-ring (bicyclic) bond motifs is 1. The number of hydrogen-bond acceptors (Lipinski definition) is 4. The lowest BCUT2D eigenvalue weighted by Gasteiger charge is -2.34. The average molecular weight is 278 g/mol. The number of nitrogens with zero attached hydrogens (tertiary/aromatic N) is 1. The van der Waals surface area contributed by atoms with Crippen molar-refractivity contribution < 1.29 is 14.6 Å². The molecule has 1 aliphatic heterocycles. The summed E-state index contributed by atoms with van der Waals surface area (Å²) >= 11 is 0. The lowest BCUT2D eigenvalue weighted by molar-refractivity contribution is -0.118. The minimum absolute atomic E-state index is 0.0298. The van der Waals surface area contributed by atoms with Gasteiger partial charge in [-0.2, -0.15) is 0 Å². The minimum atomic E-state index is -0.608. The molecular weight excluding hydrogens is 256 g/mol. The summed E-state index contributed by atoms with van der Waals surface area (Å²) in [7, 11) is 0. The van der Waals surface area contributed by atoms with Crippen LogP contribution >= 0.6 is 0 Å². The van der Waals surface area contributed by atoms with E-state index in [1.165, 1.54) is 0 Å². The van der Waals surface area contributed by atoms with Gasteiger partial charge in [-0.05, 0) is 37.6 Å². The molecule has 0 spiro atoms. The molecule has 0 aromatic heterocycles. The predicted octanol–water partition coefficient (Wildman–Crippen LogP) is 1.59. The molecule has 1 aliphatic rings. The van der Waals surface area contributed by atoms with E-state index in [1.54, 1.807) is 4.90 Å². The molecule has 0 radical (unpaired) electrons. The molecule has 1 amide bonds. The van der Waals surface area contributed by atoms with E-state index in [1.807, 2.05) is 32.0 Å². The maximum Gasteiger partial charge on any atom is 0.226 e. The molecule has 20 heavy (non-hydrogen) atoms. The summed E-state index contributed by atoms with van der Waals surface area (Å²) in [5.74, 6) is 0.751. The molecule has 1 aromatic rings. The third kappa shape index (κ3) is 2.94. The summed E-state index contributed by atoms with van der Waals surface area (Å²) in [6.45, 7) is 4.74. The summed E-state index contributed by atoms with van der Waals surface area (Å²) in [5.41, 5.74) is 6.98. The number of carbonyl (C=O) groups is 1. The number of anilines is 1. The van der Waals surface area contributed by atoms with Crippen LogP contribution in [0.3, 0.4) is 0 Å². The maximum atomic E-state index is 12.1. The second-order valence-corrected chi connectivity index (χ2v) is 5.11. The van der Waals surface area contributed by atoms with Gasteiger partial charge in [0.2, 0.25) is 5.91 Å². The van der Waals surface area contributed by atoms with Crippen molar-refractivity contribution in [1.82, 2.24) is 0 Å². The third-order valence-electron chi connectivity index (χ3n) is 3.47. The van der Waals surface area contributed by atoms with Crippen molar-refractivity contribution in [2.45, 2.75) is 38.9 Å². The Hall–Kier alpha value is -1.59. The number of aliphatic hydroxyl groups is 1. The fourth-order valence-corrected chi connectivity index (χ4v) is 2.41. The number of carbonyl (C=O) groups excluding carboxylic acids is 1. The van der Waals surface area contributed by atoms with Crippen molar-refractivity contribution in [1.29, 1.82) is 0 Å². The van der Waals surface area contributed by atoms with Gasteiger partial charge < -0.3 is 20.5 Å². The van der Waals surface area contributed by atoms with E-state index in [2.05, 4.69) is 0 Å². The van der Waals surface area contributed by atoms with Crippen molar-refractivity contribution in [3.05, 3.63) is 23.8 Å². The molecule has 2 rings (SSSR count). The van der Waals surface area contributed by atoms with Crippen LogP contribution in [0.1, 0.15) is 38.4 Å². The molecule has 0 saturated heterocycles. The van der Waals surface area contributed by atoms with Crippen LogP contribution in [0.2, 0.25) is 0 Å². The van der Waals surface area contributed by atoms with Crippen molar-refractivity contribution in [2.75, 3.05) is 18.0 Å². The van der Waals surface area contributed by atoms with Crippen LogP contribution in [0.4, 0.5) is 5.69 Å². The molecule has 1 aromatic carbocycles. The number of nitrogens with two attached hydrogens (primary N) is 1. The fourth-order valence-electron chi connectivity index (χ4n) is 2.41. The van der Waals surface area contributed by atoms with Gasteiger partial charge in [0.15, 0.2) is 0 Å². The van der Waals surface area contributed by atoms with Gasteiger partial charge >= 0.3 is 0 Å². The first kappa shape index (κ1) is 14.8. The normalized spacial score (nSPS) is 19.2. The van der Waals surface area contributed by atoms with Crippen molar-refractivity contribution in [3.63, 3.8) is 0 Å². The van der Waals surface area contributed by atoms with Gasteiger partial charge in [-0.1, -0.05) is 13.0 Å². The molecule has 5 nitrogen and oxygen atoms in total. The molecule has 2 atom stereocenters. The Bertz CT molecular complexity index is 490. The average Bonchev–Trinajstić information content (AvgIpc) is 2.45. The molecule has 0 aliphatic carbocycles. The number of rotatable bonds is 4. The lowest BCUT2D eigenvalue weighted by Crippen LogP contribution is -2.42. The van der Waals surface area contributed by atoms with Crippen LogP contribution in [0.25, 0.3) is 0 Å². The van der Waals surface area contributed by atoms with Crippen LogP contribution in [0, 0.1) is 0 Å². The van der Waals surface area contributed by atoms with E-state index in [9.17, 15) is 9.90 Å². The highest BCUT2D eigenvalue weighted by Gasteiger charge is 2.27. The first-order chi connectivity index (χ1) is 9.56. The number of amides is 1. The summed E-state index contributed by atoms with van der Waals surface area (Å²) < 4.78 is 5.75. The zero-order chi connectivity index (χ0) is 14.7. The SMILES string of the molecule is CCC(=O)N1CC(C)Oc2ccc(C(O)CCN)cc21. The topological polar surface area (TPSA) is 75.8 Å². The summed E-state index contributed by atoms with van der Waals surface area (Å²) in [4.78, 5) is 13.8. The Morgan fingerprint density at radius 3 is 3.00 bits per heavy atom. The summed E-state index contributed by atoms with van der Waals surface area (Å²) in [5, 5.41) is 10.0. The van der Waals surface area contributed by atoms with E-state index >= 15 is 0 Å². The summed E-state index contributed by atoms with van der Waals surface area (Å²) in [6.07, 6.45) is 0.306. The van der Waals surface area contributed by atoms with Crippen molar-refractivity contribution in [2.24, 2.45) is 5.73 Å². The van der Waals surface area contributed by atoms with Gasteiger partial charge in [-0.25, -0.2) is 0 Å².